The zero-order valence-electron chi connectivity index (χ0n) is 11.9. The molecule has 2 rings (SSSR count). The highest BCUT2D eigenvalue weighted by molar-refractivity contribution is 5.00. The Morgan fingerprint density at radius 3 is 3.00 bits per heavy atom. The summed E-state index contributed by atoms with van der Waals surface area (Å²) in [6, 6.07) is 2.72. The fourth-order valence-corrected chi connectivity index (χ4v) is 2.60. The maximum Gasteiger partial charge on any atom is 0.0492 e. The minimum Gasteiger partial charge on any atom is -0.314 e. The van der Waals surface area contributed by atoms with Crippen LogP contribution in [0.5, 0.6) is 0 Å². The highest BCUT2D eigenvalue weighted by atomic mass is 15.3. The Hall–Kier alpha value is -0.870. The predicted molar refractivity (Wildman–Crippen MR) is 74.6 cm³/mol. The molecule has 4 heteroatoms. The molecule has 0 aromatic carbocycles. The van der Waals surface area contributed by atoms with Crippen molar-refractivity contribution in [2.24, 2.45) is 13.0 Å². The number of rotatable bonds is 6. The molecule has 1 fully saturated rings. The van der Waals surface area contributed by atoms with Crippen molar-refractivity contribution in [1.29, 1.82) is 0 Å². The molecule has 0 radical (unpaired) electrons. The molecule has 1 unspecified atom stereocenters. The van der Waals surface area contributed by atoms with E-state index in [9.17, 15) is 0 Å². The zero-order chi connectivity index (χ0) is 13.0. The number of nitrogens with zero attached hydrogens (tertiary/aromatic N) is 3. The van der Waals surface area contributed by atoms with Gasteiger partial charge in [-0.1, -0.05) is 13.8 Å². The number of hydrogen-bond donors (Lipinski definition) is 1. The molecule has 1 aliphatic rings. The van der Waals surface area contributed by atoms with Crippen molar-refractivity contribution in [3.63, 3.8) is 0 Å². The van der Waals surface area contributed by atoms with Gasteiger partial charge in [0.15, 0.2) is 0 Å². The molecule has 1 aliphatic heterocycles. The lowest BCUT2D eigenvalue weighted by atomic mass is 10.1. The molecule has 0 amide bonds. The molecule has 1 atom stereocenters. The van der Waals surface area contributed by atoms with Gasteiger partial charge in [0.1, 0.15) is 0 Å². The van der Waals surface area contributed by atoms with Crippen molar-refractivity contribution in [2.75, 3.05) is 26.2 Å². The van der Waals surface area contributed by atoms with Crippen LogP contribution in [0.1, 0.15) is 26.0 Å². The topological polar surface area (TPSA) is 33.1 Å². The summed E-state index contributed by atoms with van der Waals surface area (Å²) >= 11 is 0. The Bertz CT molecular complexity index is 358. The van der Waals surface area contributed by atoms with E-state index in [2.05, 4.69) is 35.2 Å². The van der Waals surface area contributed by atoms with Gasteiger partial charge in [0, 0.05) is 44.5 Å². The van der Waals surface area contributed by atoms with Crippen LogP contribution >= 0.6 is 0 Å². The second-order valence-corrected chi connectivity index (χ2v) is 5.71. The molecule has 2 heterocycles. The van der Waals surface area contributed by atoms with Crippen molar-refractivity contribution < 1.29 is 0 Å². The first-order valence-electron chi connectivity index (χ1n) is 7.07. The van der Waals surface area contributed by atoms with Crippen molar-refractivity contribution in [2.45, 2.75) is 32.7 Å². The molecule has 102 valence electrons. The third-order valence-corrected chi connectivity index (χ3v) is 3.79. The lowest BCUT2D eigenvalue weighted by Crippen LogP contribution is -2.31. The molecule has 0 bridgehead atoms. The second kappa shape index (κ2) is 6.34. The molecule has 4 nitrogen and oxygen atoms in total. The Morgan fingerprint density at radius 2 is 2.33 bits per heavy atom. The van der Waals surface area contributed by atoms with Gasteiger partial charge >= 0.3 is 0 Å². The molecular formula is C14H26N4. The molecule has 18 heavy (non-hydrogen) atoms. The van der Waals surface area contributed by atoms with Crippen LogP contribution in [0, 0.1) is 5.92 Å². The molecule has 0 aliphatic carbocycles. The van der Waals surface area contributed by atoms with Crippen molar-refractivity contribution in [3.05, 3.63) is 18.0 Å². The van der Waals surface area contributed by atoms with E-state index in [0.29, 0.717) is 6.04 Å². The lowest BCUT2D eigenvalue weighted by Gasteiger charge is -2.17. The summed E-state index contributed by atoms with van der Waals surface area (Å²) < 4.78 is 1.98. The van der Waals surface area contributed by atoms with Crippen LogP contribution < -0.4 is 5.32 Å². The summed E-state index contributed by atoms with van der Waals surface area (Å²) in [7, 11) is 2.02. The van der Waals surface area contributed by atoms with Gasteiger partial charge < -0.3 is 10.2 Å². The third kappa shape index (κ3) is 3.82. The van der Waals surface area contributed by atoms with Crippen LogP contribution in [-0.2, 0) is 13.5 Å². The van der Waals surface area contributed by atoms with Gasteiger partial charge in [-0.2, -0.15) is 5.10 Å². The van der Waals surface area contributed by atoms with Crippen LogP contribution in [0.2, 0.25) is 0 Å². The van der Waals surface area contributed by atoms with Gasteiger partial charge in [0.25, 0.3) is 0 Å². The number of aromatic nitrogens is 2. The standard InChI is InChI=1S/C14H26N4/c1-12(2)15-10-13-5-8-18(11-13)9-6-14-4-7-16-17(14)3/h4,7,12-13,15H,5-6,8-11H2,1-3H3. The van der Waals surface area contributed by atoms with Gasteiger partial charge in [-0.25, -0.2) is 0 Å². The third-order valence-electron chi connectivity index (χ3n) is 3.79. The van der Waals surface area contributed by atoms with E-state index < -0.39 is 0 Å². The smallest absolute Gasteiger partial charge is 0.0492 e. The van der Waals surface area contributed by atoms with Crippen LogP contribution in [0.3, 0.4) is 0 Å². The monoisotopic (exact) mass is 250 g/mol. The number of aryl methyl sites for hydroxylation is 1. The number of nitrogens with one attached hydrogen (secondary N) is 1. The van der Waals surface area contributed by atoms with Gasteiger partial charge in [0.2, 0.25) is 0 Å². The fraction of sp³-hybridized carbons (Fsp3) is 0.786. The first kappa shape index (κ1) is 13.6. The first-order valence-corrected chi connectivity index (χ1v) is 7.07. The fourth-order valence-electron chi connectivity index (χ4n) is 2.60. The largest absolute Gasteiger partial charge is 0.314 e. The summed E-state index contributed by atoms with van der Waals surface area (Å²) in [6.07, 6.45) is 4.33. The minimum atomic E-state index is 0.605. The highest BCUT2D eigenvalue weighted by Gasteiger charge is 2.22. The maximum atomic E-state index is 4.21. The zero-order valence-corrected chi connectivity index (χ0v) is 11.9. The second-order valence-electron chi connectivity index (χ2n) is 5.71. The molecule has 0 saturated carbocycles. The summed E-state index contributed by atoms with van der Waals surface area (Å²) in [6.45, 7) is 9.27. The predicted octanol–water partition coefficient (Wildman–Crippen LogP) is 1.28. The lowest BCUT2D eigenvalue weighted by molar-refractivity contribution is 0.321. The van der Waals surface area contributed by atoms with Crippen LogP contribution in [0.15, 0.2) is 12.3 Å². The number of likely N-dealkylation sites (tertiary alicyclic amines) is 1. The summed E-state index contributed by atoms with van der Waals surface area (Å²) in [5.41, 5.74) is 1.33. The molecule has 0 spiro atoms. The summed E-state index contributed by atoms with van der Waals surface area (Å²) in [5.74, 6) is 0.832. The normalized spacial score (nSPS) is 21.0. The minimum absolute atomic E-state index is 0.605. The SMILES string of the molecule is CC(C)NCC1CCN(CCc2ccnn2C)C1. The van der Waals surface area contributed by atoms with Crippen LogP contribution in [0.25, 0.3) is 0 Å². The van der Waals surface area contributed by atoms with E-state index in [1.54, 1.807) is 0 Å². The quantitative estimate of drug-likeness (QED) is 0.826. The van der Waals surface area contributed by atoms with Gasteiger partial charge in [-0.05, 0) is 31.5 Å². The Morgan fingerprint density at radius 1 is 1.50 bits per heavy atom. The van der Waals surface area contributed by atoms with E-state index in [0.717, 1.165) is 18.9 Å². The van der Waals surface area contributed by atoms with Crippen molar-refractivity contribution in [3.8, 4) is 0 Å². The van der Waals surface area contributed by atoms with Crippen molar-refractivity contribution >= 4 is 0 Å². The average molecular weight is 250 g/mol. The molecule has 1 aromatic heterocycles. The Labute approximate surface area is 110 Å². The van der Waals surface area contributed by atoms with Gasteiger partial charge in [-0.15, -0.1) is 0 Å². The molecule has 1 saturated heterocycles. The van der Waals surface area contributed by atoms with Gasteiger partial charge in [-0.3, -0.25) is 4.68 Å². The van der Waals surface area contributed by atoms with E-state index in [-0.39, 0.29) is 0 Å². The maximum absolute atomic E-state index is 4.21. The van der Waals surface area contributed by atoms with Gasteiger partial charge in [0.05, 0.1) is 0 Å². The first-order chi connectivity index (χ1) is 8.65. The van der Waals surface area contributed by atoms with E-state index in [1.807, 2.05) is 17.9 Å². The Balaban J connectivity index is 1.68. The molecular weight excluding hydrogens is 224 g/mol. The number of hydrogen-bond acceptors (Lipinski definition) is 3. The Kier molecular flexibility index (Phi) is 4.78. The highest BCUT2D eigenvalue weighted by Crippen LogP contribution is 2.16. The van der Waals surface area contributed by atoms with Crippen LogP contribution in [0.4, 0.5) is 0 Å². The summed E-state index contributed by atoms with van der Waals surface area (Å²) in [4.78, 5) is 2.58. The van der Waals surface area contributed by atoms with E-state index >= 15 is 0 Å². The average Bonchev–Trinajstić information content (AvgIpc) is 2.93. The van der Waals surface area contributed by atoms with Crippen LogP contribution in [-0.4, -0.2) is 46.9 Å². The summed E-state index contributed by atoms with van der Waals surface area (Å²) in [5, 5.41) is 7.76. The van der Waals surface area contributed by atoms with E-state index in [1.165, 1.54) is 31.7 Å². The van der Waals surface area contributed by atoms with Crippen molar-refractivity contribution in [1.82, 2.24) is 20.0 Å². The molecule has 1 aromatic rings. The molecule has 1 N–H and O–H groups in total. The van der Waals surface area contributed by atoms with E-state index in [4.69, 9.17) is 0 Å².